The lowest BCUT2D eigenvalue weighted by Gasteiger charge is -2.42. The van der Waals surface area contributed by atoms with E-state index in [0.717, 1.165) is 44.6 Å². The van der Waals surface area contributed by atoms with Crippen LogP contribution >= 0.6 is 8.73 Å². The van der Waals surface area contributed by atoms with Gasteiger partial charge in [0.15, 0.2) is 0 Å². The second kappa shape index (κ2) is 7.09. The van der Waals surface area contributed by atoms with E-state index in [2.05, 4.69) is 18.5 Å². The molecule has 0 aromatic heterocycles. The maximum atomic E-state index is 13.1. The van der Waals surface area contributed by atoms with Crippen LogP contribution in [0.1, 0.15) is 59.3 Å². The third-order valence-electron chi connectivity index (χ3n) is 4.82. The van der Waals surface area contributed by atoms with Crippen LogP contribution in [0.2, 0.25) is 0 Å². The average molecular weight is 312 g/mol. The van der Waals surface area contributed by atoms with Gasteiger partial charge in [-0.3, -0.25) is 9.59 Å². The number of piperidine rings is 1. The van der Waals surface area contributed by atoms with Crippen molar-refractivity contribution in [3.05, 3.63) is 0 Å². The van der Waals surface area contributed by atoms with Crippen LogP contribution in [0.25, 0.3) is 0 Å². The van der Waals surface area contributed by atoms with E-state index in [1.54, 1.807) is 0 Å². The Labute approximate surface area is 130 Å². The summed E-state index contributed by atoms with van der Waals surface area (Å²) >= 11 is 0. The summed E-state index contributed by atoms with van der Waals surface area (Å²) in [6.07, 6.45) is 5.56. The van der Waals surface area contributed by atoms with Crippen LogP contribution in [0.5, 0.6) is 0 Å². The molecule has 1 saturated carbocycles. The van der Waals surface area contributed by atoms with Crippen molar-refractivity contribution in [2.45, 2.75) is 65.0 Å². The highest BCUT2D eigenvalue weighted by Crippen LogP contribution is 2.46. The largest absolute Gasteiger partial charge is 0.343 e. The number of likely N-dealkylation sites (tertiary alicyclic amines) is 1. The van der Waals surface area contributed by atoms with E-state index < -0.39 is 5.41 Å². The van der Waals surface area contributed by atoms with Gasteiger partial charge in [0.05, 0.1) is 5.41 Å². The highest BCUT2D eigenvalue weighted by molar-refractivity contribution is 7.37. The molecule has 2 rings (SSSR count). The molecule has 1 heterocycles. The fourth-order valence-electron chi connectivity index (χ4n) is 3.10. The standard InChI is InChI=1S/C16H29N2O2P/c1-4-10-18(21-13-7-8-13)15(20)16(5-2)9-11-17(6-3)14(19)12-16/h13,21H,4-12H2,1-3H3. The fraction of sp³-hybridized carbons (Fsp3) is 0.875. The molecule has 2 fully saturated rings. The molecule has 120 valence electrons. The van der Waals surface area contributed by atoms with Gasteiger partial charge in [0.2, 0.25) is 11.8 Å². The van der Waals surface area contributed by atoms with Gasteiger partial charge in [0, 0.05) is 26.1 Å². The molecule has 0 radical (unpaired) electrons. The van der Waals surface area contributed by atoms with E-state index in [0.29, 0.717) is 15.2 Å². The Kier molecular flexibility index (Phi) is 5.65. The smallest absolute Gasteiger partial charge is 0.232 e. The molecular weight excluding hydrogens is 283 g/mol. The molecule has 2 amide bonds. The minimum atomic E-state index is -0.431. The number of carbonyl (C=O) groups is 2. The first kappa shape index (κ1) is 16.7. The van der Waals surface area contributed by atoms with Crippen molar-refractivity contribution < 1.29 is 9.59 Å². The SMILES string of the molecule is CCCN(PC1CC1)C(=O)C1(CC)CCN(CC)C(=O)C1. The lowest BCUT2D eigenvalue weighted by Crippen LogP contribution is -2.50. The number of hydrogen-bond donors (Lipinski definition) is 0. The third-order valence-corrected chi connectivity index (χ3v) is 6.50. The molecule has 0 N–H and O–H groups in total. The molecule has 1 saturated heterocycles. The normalized spacial score (nSPS) is 26.6. The first-order valence-corrected chi connectivity index (χ1v) is 9.44. The lowest BCUT2D eigenvalue weighted by atomic mass is 9.75. The summed E-state index contributed by atoms with van der Waals surface area (Å²) in [5, 5.41) is 0. The van der Waals surface area contributed by atoms with Crippen LogP contribution in [0, 0.1) is 5.41 Å². The van der Waals surface area contributed by atoms with Gasteiger partial charge in [0.1, 0.15) is 0 Å². The van der Waals surface area contributed by atoms with Gasteiger partial charge in [-0.1, -0.05) is 13.8 Å². The maximum absolute atomic E-state index is 13.1. The predicted octanol–water partition coefficient (Wildman–Crippen LogP) is 3.02. The zero-order valence-corrected chi connectivity index (χ0v) is 14.7. The molecule has 4 nitrogen and oxygen atoms in total. The Morgan fingerprint density at radius 2 is 2.10 bits per heavy atom. The molecular formula is C16H29N2O2P. The summed E-state index contributed by atoms with van der Waals surface area (Å²) in [6.45, 7) is 8.55. The highest BCUT2D eigenvalue weighted by atomic mass is 31.1. The molecule has 2 aliphatic rings. The van der Waals surface area contributed by atoms with Crippen LogP contribution in [0.4, 0.5) is 0 Å². The van der Waals surface area contributed by atoms with E-state index in [9.17, 15) is 9.59 Å². The molecule has 0 bridgehead atoms. The van der Waals surface area contributed by atoms with Gasteiger partial charge < -0.3 is 9.57 Å². The van der Waals surface area contributed by atoms with Crippen LogP contribution in [-0.2, 0) is 9.59 Å². The van der Waals surface area contributed by atoms with Gasteiger partial charge in [-0.05, 0) is 53.4 Å². The molecule has 2 unspecified atom stereocenters. The quantitative estimate of drug-likeness (QED) is 0.678. The van der Waals surface area contributed by atoms with Crippen LogP contribution in [0.3, 0.4) is 0 Å². The molecule has 0 aromatic rings. The van der Waals surface area contributed by atoms with Crippen molar-refractivity contribution >= 4 is 20.5 Å². The van der Waals surface area contributed by atoms with Gasteiger partial charge in [-0.2, -0.15) is 0 Å². The maximum Gasteiger partial charge on any atom is 0.232 e. The monoisotopic (exact) mass is 312 g/mol. The summed E-state index contributed by atoms with van der Waals surface area (Å²) in [7, 11) is 0.631. The summed E-state index contributed by atoms with van der Waals surface area (Å²) in [6, 6.07) is 0. The van der Waals surface area contributed by atoms with Crippen molar-refractivity contribution in [3.63, 3.8) is 0 Å². The summed E-state index contributed by atoms with van der Waals surface area (Å²) in [5.41, 5.74) is 0.306. The van der Waals surface area contributed by atoms with Gasteiger partial charge in [0.25, 0.3) is 0 Å². The molecule has 1 aliphatic carbocycles. The van der Waals surface area contributed by atoms with Crippen molar-refractivity contribution in [1.82, 2.24) is 9.57 Å². The molecule has 2 atom stereocenters. The number of hydrogen-bond acceptors (Lipinski definition) is 2. The first-order valence-electron chi connectivity index (χ1n) is 8.42. The highest BCUT2D eigenvalue weighted by Gasteiger charge is 2.45. The minimum absolute atomic E-state index is 0.158. The van der Waals surface area contributed by atoms with Crippen molar-refractivity contribution in [3.8, 4) is 0 Å². The zero-order chi connectivity index (χ0) is 15.5. The van der Waals surface area contributed by atoms with Crippen LogP contribution < -0.4 is 0 Å². The molecule has 0 aromatic carbocycles. The third kappa shape index (κ3) is 3.77. The Bertz CT molecular complexity index is 398. The molecule has 1 aliphatic heterocycles. The number of rotatable bonds is 7. The van der Waals surface area contributed by atoms with Crippen LogP contribution in [-0.4, -0.2) is 46.7 Å². The summed E-state index contributed by atoms with van der Waals surface area (Å²) in [4.78, 5) is 27.3. The van der Waals surface area contributed by atoms with E-state index in [1.165, 1.54) is 12.8 Å². The van der Waals surface area contributed by atoms with Gasteiger partial charge >= 0.3 is 0 Å². The second-order valence-corrected chi connectivity index (χ2v) is 8.01. The number of nitrogens with zero attached hydrogens (tertiary/aromatic N) is 2. The molecule has 0 spiro atoms. The Hall–Kier alpha value is -0.630. The number of carbonyl (C=O) groups excluding carboxylic acids is 2. The Morgan fingerprint density at radius 1 is 1.38 bits per heavy atom. The summed E-state index contributed by atoms with van der Waals surface area (Å²) < 4.78 is 2.08. The predicted molar refractivity (Wildman–Crippen MR) is 87.6 cm³/mol. The minimum Gasteiger partial charge on any atom is -0.343 e. The Balaban J connectivity index is 2.10. The summed E-state index contributed by atoms with van der Waals surface area (Å²) in [5.74, 6) is 0.409. The fourth-order valence-corrected chi connectivity index (χ4v) is 4.67. The van der Waals surface area contributed by atoms with Gasteiger partial charge in [-0.15, -0.1) is 0 Å². The lowest BCUT2D eigenvalue weighted by molar-refractivity contribution is -0.150. The first-order chi connectivity index (χ1) is 10.1. The van der Waals surface area contributed by atoms with Crippen molar-refractivity contribution in [1.29, 1.82) is 0 Å². The van der Waals surface area contributed by atoms with E-state index in [1.807, 2.05) is 11.8 Å². The topological polar surface area (TPSA) is 40.6 Å². The molecule has 21 heavy (non-hydrogen) atoms. The van der Waals surface area contributed by atoms with E-state index >= 15 is 0 Å². The van der Waals surface area contributed by atoms with Crippen LogP contribution in [0.15, 0.2) is 0 Å². The van der Waals surface area contributed by atoms with E-state index in [4.69, 9.17) is 0 Å². The average Bonchev–Trinajstić information content (AvgIpc) is 3.30. The zero-order valence-electron chi connectivity index (χ0n) is 13.7. The van der Waals surface area contributed by atoms with Crippen molar-refractivity contribution in [2.24, 2.45) is 5.41 Å². The van der Waals surface area contributed by atoms with E-state index in [-0.39, 0.29) is 11.8 Å². The van der Waals surface area contributed by atoms with Gasteiger partial charge in [-0.25, -0.2) is 0 Å². The second-order valence-electron chi connectivity index (χ2n) is 6.39. The Morgan fingerprint density at radius 3 is 2.57 bits per heavy atom. The van der Waals surface area contributed by atoms with Crippen molar-refractivity contribution in [2.75, 3.05) is 19.6 Å². The number of amides is 2. The molecule has 5 heteroatoms.